The van der Waals surface area contributed by atoms with Crippen molar-refractivity contribution in [1.29, 1.82) is 0 Å². The van der Waals surface area contributed by atoms with E-state index in [-0.39, 0.29) is 31.2 Å². The molecule has 0 atom stereocenters. The van der Waals surface area contributed by atoms with E-state index in [9.17, 15) is 9.59 Å². The summed E-state index contributed by atoms with van der Waals surface area (Å²) in [5.74, 6) is 1.46. The molecule has 184 valence electrons. The Balaban J connectivity index is 1.51. The van der Waals surface area contributed by atoms with Crippen LogP contribution in [0.2, 0.25) is 0 Å². The maximum absolute atomic E-state index is 13.6. The highest BCUT2D eigenvalue weighted by molar-refractivity contribution is 9.10. The second-order valence-electron chi connectivity index (χ2n) is 8.70. The molecule has 0 radical (unpaired) electrons. The minimum Gasteiger partial charge on any atom is -0.454 e. The summed E-state index contributed by atoms with van der Waals surface area (Å²) >= 11 is 5.07. The number of amides is 3. The van der Waals surface area contributed by atoms with Crippen molar-refractivity contribution in [2.24, 2.45) is 5.92 Å². The van der Waals surface area contributed by atoms with E-state index < -0.39 is 0 Å². The third-order valence-corrected chi connectivity index (χ3v) is 6.96. The fourth-order valence-corrected chi connectivity index (χ4v) is 4.87. The molecule has 1 aromatic heterocycles. The number of fused-ring (bicyclic) bond motifs is 1. The van der Waals surface area contributed by atoms with Crippen molar-refractivity contribution < 1.29 is 19.1 Å². The minimum atomic E-state index is -0.307. The molecule has 0 saturated heterocycles. The van der Waals surface area contributed by atoms with Crippen LogP contribution in [0.4, 0.5) is 10.5 Å². The van der Waals surface area contributed by atoms with E-state index in [2.05, 4.69) is 21.2 Å². The van der Waals surface area contributed by atoms with Gasteiger partial charge in [0, 0.05) is 22.4 Å². The average molecular weight is 558 g/mol. The molecule has 0 bridgehead atoms. The van der Waals surface area contributed by atoms with Crippen LogP contribution >= 0.6 is 27.3 Å². The minimum absolute atomic E-state index is 0.0234. The summed E-state index contributed by atoms with van der Waals surface area (Å²) in [6.07, 6.45) is 0. The lowest BCUT2D eigenvalue weighted by molar-refractivity contribution is -0.133. The molecule has 0 saturated carbocycles. The average Bonchev–Trinajstić information content (AvgIpc) is 3.51. The molecule has 1 aliphatic heterocycles. The van der Waals surface area contributed by atoms with Crippen LogP contribution in [0, 0.1) is 5.92 Å². The van der Waals surface area contributed by atoms with Gasteiger partial charge in [0.1, 0.15) is 6.54 Å². The first-order valence-corrected chi connectivity index (χ1v) is 13.1. The maximum atomic E-state index is 13.6. The summed E-state index contributed by atoms with van der Waals surface area (Å²) in [5.41, 5.74) is 1.60. The predicted octanol–water partition coefficient (Wildman–Crippen LogP) is 5.96. The van der Waals surface area contributed by atoms with Crippen molar-refractivity contribution >= 4 is 44.9 Å². The second kappa shape index (κ2) is 11.6. The third-order valence-electron chi connectivity index (χ3n) is 5.40. The molecule has 4 rings (SSSR count). The number of carbonyl (C=O) groups excluding carboxylic acids is 2. The summed E-state index contributed by atoms with van der Waals surface area (Å²) in [7, 11) is 0. The lowest BCUT2D eigenvalue weighted by Gasteiger charge is -2.29. The van der Waals surface area contributed by atoms with E-state index in [1.165, 1.54) is 0 Å². The number of para-hydroxylation sites is 1. The summed E-state index contributed by atoms with van der Waals surface area (Å²) in [5, 5.41) is 4.92. The number of benzene rings is 2. The van der Waals surface area contributed by atoms with Gasteiger partial charge in [0.05, 0.1) is 12.2 Å². The van der Waals surface area contributed by atoms with Gasteiger partial charge < -0.3 is 24.6 Å². The van der Waals surface area contributed by atoms with Crippen LogP contribution in [-0.4, -0.2) is 41.6 Å². The highest BCUT2D eigenvalue weighted by atomic mass is 79.9. The van der Waals surface area contributed by atoms with Gasteiger partial charge in [0.2, 0.25) is 12.7 Å². The van der Waals surface area contributed by atoms with Crippen LogP contribution in [0.3, 0.4) is 0 Å². The van der Waals surface area contributed by atoms with E-state index in [0.717, 1.165) is 14.9 Å². The van der Waals surface area contributed by atoms with E-state index in [0.29, 0.717) is 36.8 Å². The Morgan fingerprint density at radius 2 is 1.83 bits per heavy atom. The lowest BCUT2D eigenvalue weighted by atomic mass is 10.1. The van der Waals surface area contributed by atoms with Gasteiger partial charge in [-0.2, -0.15) is 0 Å². The Bertz CT molecular complexity index is 1170. The van der Waals surface area contributed by atoms with E-state index >= 15 is 0 Å². The van der Waals surface area contributed by atoms with Gasteiger partial charge in [-0.1, -0.05) is 38.1 Å². The number of carbonyl (C=O) groups is 2. The van der Waals surface area contributed by atoms with E-state index in [1.54, 1.807) is 21.1 Å². The second-order valence-corrected chi connectivity index (χ2v) is 10.6. The van der Waals surface area contributed by atoms with Gasteiger partial charge in [0.15, 0.2) is 11.5 Å². The van der Waals surface area contributed by atoms with Crippen molar-refractivity contribution in [3.05, 3.63) is 74.9 Å². The zero-order valence-corrected chi connectivity index (χ0v) is 22.1. The number of nitrogens with one attached hydrogen (secondary N) is 1. The monoisotopic (exact) mass is 557 g/mol. The molecule has 2 aromatic carbocycles. The quantitative estimate of drug-likeness (QED) is 0.352. The number of ether oxygens (including phenoxy) is 2. The van der Waals surface area contributed by atoms with Crippen LogP contribution in [-0.2, 0) is 17.9 Å². The Kier molecular flexibility index (Phi) is 8.30. The molecule has 7 nitrogen and oxygen atoms in total. The lowest BCUT2D eigenvalue weighted by Crippen LogP contribution is -2.45. The Morgan fingerprint density at radius 1 is 1.03 bits per heavy atom. The first-order valence-electron chi connectivity index (χ1n) is 11.4. The van der Waals surface area contributed by atoms with Crippen molar-refractivity contribution in [3.63, 3.8) is 0 Å². The largest absolute Gasteiger partial charge is 0.454 e. The summed E-state index contributed by atoms with van der Waals surface area (Å²) in [6, 6.07) is 16.8. The molecule has 1 N–H and O–H groups in total. The first-order chi connectivity index (χ1) is 16.9. The first kappa shape index (κ1) is 25.1. The molecule has 0 unspecified atom stereocenters. The van der Waals surface area contributed by atoms with E-state index in [4.69, 9.17) is 9.47 Å². The number of hydrogen-bond acceptors (Lipinski definition) is 5. The van der Waals surface area contributed by atoms with Crippen molar-refractivity contribution in [1.82, 2.24) is 9.80 Å². The summed E-state index contributed by atoms with van der Waals surface area (Å²) < 4.78 is 11.7. The Labute approximate surface area is 217 Å². The SMILES string of the molecule is CC(C)CN(CC(=O)N(Cc1ccc2c(c1)OCO2)Cc1cccs1)C(=O)Nc1ccccc1Br. The third kappa shape index (κ3) is 6.76. The van der Waals surface area contributed by atoms with Gasteiger partial charge in [-0.05, 0) is 63.1 Å². The summed E-state index contributed by atoms with van der Waals surface area (Å²) in [4.78, 5) is 31.2. The number of urea groups is 1. The molecule has 0 aliphatic carbocycles. The molecule has 3 amide bonds. The van der Waals surface area contributed by atoms with Crippen LogP contribution < -0.4 is 14.8 Å². The molecule has 0 spiro atoms. The Hall–Kier alpha value is -3.04. The molecular formula is C26H28BrN3O4S. The predicted molar refractivity (Wildman–Crippen MR) is 141 cm³/mol. The molecule has 35 heavy (non-hydrogen) atoms. The zero-order chi connectivity index (χ0) is 24.8. The van der Waals surface area contributed by atoms with Gasteiger partial charge in [-0.15, -0.1) is 11.3 Å². The number of thiophene rings is 1. The van der Waals surface area contributed by atoms with Crippen LogP contribution in [0.1, 0.15) is 24.3 Å². The maximum Gasteiger partial charge on any atom is 0.322 e. The van der Waals surface area contributed by atoms with Crippen LogP contribution in [0.25, 0.3) is 0 Å². The van der Waals surface area contributed by atoms with Crippen molar-refractivity contribution in [2.75, 3.05) is 25.2 Å². The molecule has 3 aromatic rings. The van der Waals surface area contributed by atoms with Crippen molar-refractivity contribution in [3.8, 4) is 11.5 Å². The highest BCUT2D eigenvalue weighted by Crippen LogP contribution is 2.33. The fraction of sp³-hybridized carbons (Fsp3) is 0.308. The van der Waals surface area contributed by atoms with Gasteiger partial charge in [-0.25, -0.2) is 4.79 Å². The molecule has 2 heterocycles. The smallest absolute Gasteiger partial charge is 0.322 e. The van der Waals surface area contributed by atoms with Crippen molar-refractivity contribution in [2.45, 2.75) is 26.9 Å². The molecular weight excluding hydrogens is 530 g/mol. The molecule has 9 heteroatoms. The number of nitrogens with zero attached hydrogens (tertiary/aromatic N) is 2. The van der Waals surface area contributed by atoms with Gasteiger partial charge in [-0.3, -0.25) is 4.79 Å². The molecule has 1 aliphatic rings. The van der Waals surface area contributed by atoms with Crippen LogP contribution in [0.15, 0.2) is 64.5 Å². The number of rotatable bonds is 9. The van der Waals surface area contributed by atoms with Gasteiger partial charge in [0.25, 0.3) is 0 Å². The normalized spacial score (nSPS) is 12.0. The molecule has 0 fully saturated rings. The number of anilines is 1. The Morgan fingerprint density at radius 3 is 2.57 bits per heavy atom. The fourth-order valence-electron chi connectivity index (χ4n) is 3.76. The van der Waals surface area contributed by atoms with Gasteiger partial charge >= 0.3 is 6.03 Å². The van der Waals surface area contributed by atoms with E-state index in [1.807, 2.05) is 73.8 Å². The number of hydrogen-bond donors (Lipinski definition) is 1. The van der Waals surface area contributed by atoms with Crippen LogP contribution in [0.5, 0.6) is 11.5 Å². The summed E-state index contributed by atoms with van der Waals surface area (Å²) in [6.45, 7) is 5.55. The zero-order valence-electron chi connectivity index (χ0n) is 19.7. The highest BCUT2D eigenvalue weighted by Gasteiger charge is 2.24. The topological polar surface area (TPSA) is 71.1 Å². The number of halogens is 1. The standard InChI is InChI=1S/C26H28BrN3O4S/c1-18(2)13-30(26(32)28-22-8-4-3-7-21(22)27)16-25(31)29(15-20-6-5-11-35-20)14-19-9-10-23-24(12-19)34-17-33-23/h3-12,18H,13-17H2,1-2H3,(H,28,32).